The molecule has 2 nitrogen and oxygen atoms in total. The van der Waals surface area contributed by atoms with Crippen LogP contribution in [0, 0.1) is 0 Å². The highest BCUT2D eigenvalue weighted by atomic mass is 16.5. The summed E-state index contributed by atoms with van der Waals surface area (Å²) in [4.78, 5) is 10.1. The molecule has 0 heterocycles. The predicted molar refractivity (Wildman–Crippen MR) is 65.8 cm³/mol. The monoisotopic (exact) mass is 220 g/mol. The Kier molecular flexibility index (Phi) is 6.31. The van der Waals surface area contributed by atoms with Gasteiger partial charge in [-0.05, 0) is 30.9 Å². The van der Waals surface area contributed by atoms with Crippen molar-refractivity contribution in [3.8, 4) is 5.75 Å². The van der Waals surface area contributed by atoms with Gasteiger partial charge in [-0.3, -0.25) is 0 Å². The number of para-hydroxylation sites is 1. The molecule has 0 aliphatic rings. The van der Waals surface area contributed by atoms with Gasteiger partial charge in [0.05, 0.1) is 7.11 Å². The van der Waals surface area contributed by atoms with Gasteiger partial charge < -0.3 is 9.53 Å². The van der Waals surface area contributed by atoms with Crippen molar-refractivity contribution in [2.75, 3.05) is 7.11 Å². The lowest BCUT2D eigenvalue weighted by atomic mass is 10.0. The van der Waals surface area contributed by atoms with Crippen LogP contribution in [0.15, 0.2) is 24.3 Å². The van der Waals surface area contributed by atoms with Crippen LogP contribution in [-0.4, -0.2) is 13.4 Å². The zero-order valence-electron chi connectivity index (χ0n) is 9.95. The van der Waals surface area contributed by atoms with E-state index in [0.717, 1.165) is 31.3 Å². The third-order valence-electron chi connectivity index (χ3n) is 2.71. The van der Waals surface area contributed by atoms with Crippen LogP contribution in [0.1, 0.15) is 37.7 Å². The van der Waals surface area contributed by atoms with Crippen molar-refractivity contribution in [3.05, 3.63) is 29.8 Å². The molecule has 1 rings (SSSR count). The van der Waals surface area contributed by atoms with Gasteiger partial charge in [0.25, 0.3) is 0 Å². The van der Waals surface area contributed by atoms with Crippen LogP contribution in [0.2, 0.25) is 0 Å². The Morgan fingerprint density at radius 1 is 1.12 bits per heavy atom. The minimum absolute atomic E-state index is 0.703. The largest absolute Gasteiger partial charge is 0.496 e. The Morgan fingerprint density at radius 2 is 1.88 bits per heavy atom. The topological polar surface area (TPSA) is 26.3 Å². The Hall–Kier alpha value is -1.31. The van der Waals surface area contributed by atoms with Crippen LogP contribution in [0.4, 0.5) is 0 Å². The number of hydrogen-bond donors (Lipinski definition) is 0. The molecule has 1 aromatic rings. The Balaban J connectivity index is 2.23. The molecule has 1 aromatic carbocycles. The summed E-state index contributed by atoms with van der Waals surface area (Å²) in [5.41, 5.74) is 1.28. The van der Waals surface area contributed by atoms with E-state index in [1.807, 2.05) is 18.2 Å². The third-order valence-corrected chi connectivity index (χ3v) is 2.71. The number of rotatable bonds is 8. The SMILES string of the molecule is COc1ccccc1CCCCCCC=O. The smallest absolute Gasteiger partial charge is 0.122 e. The minimum atomic E-state index is 0.703. The maximum Gasteiger partial charge on any atom is 0.122 e. The average Bonchev–Trinajstić information content (AvgIpc) is 2.34. The summed E-state index contributed by atoms with van der Waals surface area (Å²) in [6.07, 6.45) is 7.29. The fourth-order valence-electron chi connectivity index (χ4n) is 1.81. The normalized spacial score (nSPS) is 10.1. The number of hydrogen-bond acceptors (Lipinski definition) is 2. The van der Waals surface area contributed by atoms with Gasteiger partial charge in [-0.1, -0.05) is 31.0 Å². The second-order valence-electron chi connectivity index (χ2n) is 3.93. The molecule has 0 bridgehead atoms. The third kappa shape index (κ3) is 4.47. The molecule has 0 atom stereocenters. The quantitative estimate of drug-likeness (QED) is 0.496. The second kappa shape index (κ2) is 7.91. The van der Waals surface area contributed by atoms with Crippen LogP contribution >= 0.6 is 0 Å². The Bertz CT molecular complexity index is 307. The first-order valence-electron chi connectivity index (χ1n) is 5.94. The van der Waals surface area contributed by atoms with Gasteiger partial charge in [-0.2, -0.15) is 0 Å². The zero-order chi connectivity index (χ0) is 11.6. The number of aldehydes is 1. The summed E-state index contributed by atoms with van der Waals surface area (Å²) in [5, 5.41) is 0. The molecule has 0 N–H and O–H groups in total. The number of methoxy groups -OCH3 is 1. The molecule has 0 unspecified atom stereocenters. The van der Waals surface area contributed by atoms with Gasteiger partial charge in [-0.15, -0.1) is 0 Å². The van der Waals surface area contributed by atoms with Crippen LogP contribution in [0.5, 0.6) is 5.75 Å². The molecular weight excluding hydrogens is 200 g/mol. The van der Waals surface area contributed by atoms with Crippen LogP contribution < -0.4 is 4.74 Å². The molecular formula is C14H20O2. The summed E-state index contributed by atoms with van der Waals surface area (Å²) in [5.74, 6) is 0.982. The van der Waals surface area contributed by atoms with Gasteiger partial charge in [0.15, 0.2) is 0 Å². The van der Waals surface area contributed by atoms with E-state index in [-0.39, 0.29) is 0 Å². The Morgan fingerprint density at radius 3 is 2.62 bits per heavy atom. The Labute approximate surface area is 97.6 Å². The van der Waals surface area contributed by atoms with E-state index >= 15 is 0 Å². The summed E-state index contributed by atoms with van der Waals surface area (Å²) in [6.45, 7) is 0. The van der Waals surface area contributed by atoms with Gasteiger partial charge >= 0.3 is 0 Å². The van der Waals surface area contributed by atoms with Crippen molar-refractivity contribution < 1.29 is 9.53 Å². The maximum absolute atomic E-state index is 10.1. The molecule has 0 spiro atoms. The standard InChI is InChI=1S/C14H20O2/c1-16-14-11-7-6-10-13(14)9-5-3-2-4-8-12-15/h6-7,10-12H,2-5,8-9H2,1H3. The van der Waals surface area contributed by atoms with Crippen LogP contribution in [-0.2, 0) is 11.2 Å². The van der Waals surface area contributed by atoms with Crippen molar-refractivity contribution in [3.63, 3.8) is 0 Å². The molecule has 0 amide bonds. The van der Waals surface area contributed by atoms with Crippen molar-refractivity contribution in [2.45, 2.75) is 38.5 Å². The summed E-state index contributed by atoms with van der Waals surface area (Å²) >= 11 is 0. The van der Waals surface area contributed by atoms with E-state index in [0.29, 0.717) is 6.42 Å². The van der Waals surface area contributed by atoms with E-state index < -0.39 is 0 Å². The average molecular weight is 220 g/mol. The molecule has 0 aliphatic heterocycles. The van der Waals surface area contributed by atoms with Gasteiger partial charge in [0, 0.05) is 6.42 Å². The molecule has 0 fully saturated rings. The van der Waals surface area contributed by atoms with Gasteiger partial charge in [0.1, 0.15) is 12.0 Å². The zero-order valence-corrected chi connectivity index (χ0v) is 9.95. The fourth-order valence-corrected chi connectivity index (χ4v) is 1.81. The van der Waals surface area contributed by atoms with Crippen molar-refractivity contribution in [2.24, 2.45) is 0 Å². The van der Waals surface area contributed by atoms with E-state index in [4.69, 9.17) is 4.74 Å². The lowest BCUT2D eigenvalue weighted by molar-refractivity contribution is -0.107. The number of carbonyl (C=O) groups is 1. The molecule has 88 valence electrons. The van der Waals surface area contributed by atoms with Crippen molar-refractivity contribution in [1.29, 1.82) is 0 Å². The van der Waals surface area contributed by atoms with Crippen molar-refractivity contribution in [1.82, 2.24) is 0 Å². The first-order chi connectivity index (χ1) is 7.88. The highest BCUT2D eigenvalue weighted by Gasteiger charge is 2.00. The fraction of sp³-hybridized carbons (Fsp3) is 0.500. The molecule has 0 saturated heterocycles. The van der Waals surface area contributed by atoms with E-state index in [1.165, 1.54) is 18.4 Å². The predicted octanol–water partition coefficient (Wildman–Crippen LogP) is 3.39. The number of ether oxygens (including phenoxy) is 1. The van der Waals surface area contributed by atoms with E-state index in [2.05, 4.69) is 6.07 Å². The number of benzene rings is 1. The highest BCUT2D eigenvalue weighted by Crippen LogP contribution is 2.19. The first-order valence-corrected chi connectivity index (χ1v) is 5.94. The van der Waals surface area contributed by atoms with Crippen LogP contribution in [0.3, 0.4) is 0 Å². The van der Waals surface area contributed by atoms with Gasteiger partial charge in [0.2, 0.25) is 0 Å². The lowest BCUT2D eigenvalue weighted by Gasteiger charge is -2.07. The van der Waals surface area contributed by atoms with E-state index in [9.17, 15) is 4.79 Å². The number of aryl methyl sites for hydroxylation is 1. The maximum atomic E-state index is 10.1. The summed E-state index contributed by atoms with van der Waals surface area (Å²) in [6, 6.07) is 8.16. The van der Waals surface area contributed by atoms with Crippen LogP contribution in [0.25, 0.3) is 0 Å². The molecule has 0 radical (unpaired) electrons. The number of unbranched alkanes of at least 4 members (excludes halogenated alkanes) is 4. The highest BCUT2D eigenvalue weighted by molar-refractivity contribution is 5.48. The van der Waals surface area contributed by atoms with E-state index in [1.54, 1.807) is 7.11 Å². The molecule has 0 saturated carbocycles. The summed E-state index contributed by atoms with van der Waals surface area (Å²) < 4.78 is 5.29. The molecule has 0 aliphatic carbocycles. The minimum Gasteiger partial charge on any atom is -0.496 e. The second-order valence-corrected chi connectivity index (χ2v) is 3.93. The van der Waals surface area contributed by atoms with Crippen molar-refractivity contribution >= 4 is 6.29 Å². The lowest BCUT2D eigenvalue weighted by Crippen LogP contribution is -1.92. The number of carbonyl (C=O) groups excluding carboxylic acids is 1. The molecule has 0 aromatic heterocycles. The summed E-state index contributed by atoms with van der Waals surface area (Å²) in [7, 11) is 1.71. The molecule has 2 heteroatoms. The van der Waals surface area contributed by atoms with Gasteiger partial charge in [-0.25, -0.2) is 0 Å². The molecule has 16 heavy (non-hydrogen) atoms. The first kappa shape index (κ1) is 12.8.